The van der Waals surface area contributed by atoms with Crippen LogP contribution in [-0.2, 0) is 6.54 Å². The largest absolute Gasteiger partial charge is 0.296 e. The van der Waals surface area contributed by atoms with Gasteiger partial charge in [0, 0.05) is 11.4 Å². The molecule has 7 nitrogen and oxygen atoms in total. The summed E-state index contributed by atoms with van der Waals surface area (Å²) in [5, 5.41) is 7.16. The van der Waals surface area contributed by atoms with Crippen molar-refractivity contribution in [3.05, 3.63) is 74.5 Å². The molecule has 0 spiro atoms. The van der Waals surface area contributed by atoms with Crippen molar-refractivity contribution in [2.45, 2.75) is 45.6 Å². The zero-order valence-corrected chi connectivity index (χ0v) is 19.8. The number of para-hydroxylation sites is 2. The van der Waals surface area contributed by atoms with Gasteiger partial charge in [-0.2, -0.15) is 9.78 Å². The molecule has 5 aromatic rings. The van der Waals surface area contributed by atoms with Gasteiger partial charge in [0.25, 0.3) is 5.56 Å². The predicted molar refractivity (Wildman–Crippen MR) is 138 cm³/mol. The summed E-state index contributed by atoms with van der Waals surface area (Å²) in [5.41, 5.74) is 4.43. The van der Waals surface area contributed by atoms with E-state index in [9.17, 15) is 4.79 Å². The van der Waals surface area contributed by atoms with Gasteiger partial charge in [-0.3, -0.25) is 9.36 Å². The van der Waals surface area contributed by atoms with E-state index < -0.39 is 0 Å². The van der Waals surface area contributed by atoms with Crippen LogP contribution in [0.1, 0.15) is 42.8 Å². The lowest BCUT2D eigenvalue weighted by Crippen LogP contribution is -2.24. The minimum atomic E-state index is -0.0847. The lowest BCUT2D eigenvalue weighted by atomic mass is 9.97. The van der Waals surface area contributed by atoms with Crippen molar-refractivity contribution in [2.24, 2.45) is 5.10 Å². The number of thiophene rings is 1. The van der Waals surface area contributed by atoms with Crippen LogP contribution in [0.4, 0.5) is 0 Å². The molecule has 0 radical (unpaired) electrons. The Kier molecular flexibility index (Phi) is 5.30. The van der Waals surface area contributed by atoms with E-state index in [1.54, 1.807) is 26.8 Å². The number of rotatable bonds is 5. The van der Waals surface area contributed by atoms with Crippen molar-refractivity contribution < 1.29 is 0 Å². The first-order chi connectivity index (χ1) is 16.7. The minimum Gasteiger partial charge on any atom is -0.296 e. The Morgan fingerprint density at radius 3 is 2.68 bits per heavy atom. The van der Waals surface area contributed by atoms with Crippen LogP contribution in [0.25, 0.3) is 33.2 Å². The second kappa shape index (κ2) is 8.61. The molecule has 6 rings (SSSR count). The topological polar surface area (TPSA) is 78.0 Å². The summed E-state index contributed by atoms with van der Waals surface area (Å²) in [4.78, 5) is 29.3. The summed E-state index contributed by atoms with van der Waals surface area (Å²) < 4.78 is 3.44. The average Bonchev–Trinajstić information content (AvgIpc) is 3.47. The summed E-state index contributed by atoms with van der Waals surface area (Å²) in [6, 6.07) is 11.7. The van der Waals surface area contributed by atoms with Gasteiger partial charge in [-0.05, 0) is 62.6 Å². The fourth-order valence-electron chi connectivity index (χ4n) is 4.65. The average molecular weight is 469 g/mol. The third kappa shape index (κ3) is 3.64. The maximum absolute atomic E-state index is 13.8. The molecule has 0 saturated heterocycles. The highest BCUT2D eigenvalue weighted by Gasteiger charge is 2.21. The molecule has 1 aliphatic rings. The normalized spacial score (nSPS) is 14.6. The molecule has 0 N–H and O–H groups in total. The molecule has 4 aromatic heterocycles. The Labute approximate surface area is 200 Å². The van der Waals surface area contributed by atoms with Crippen molar-refractivity contribution in [2.75, 3.05) is 0 Å². The lowest BCUT2D eigenvalue weighted by molar-refractivity contribution is 0.597. The predicted octanol–water partition coefficient (Wildman–Crippen LogP) is 5.44. The van der Waals surface area contributed by atoms with E-state index in [0.717, 1.165) is 35.2 Å². The number of aromatic nitrogens is 5. The molecule has 0 saturated carbocycles. The molecule has 1 aromatic carbocycles. The van der Waals surface area contributed by atoms with Gasteiger partial charge in [-0.1, -0.05) is 29.8 Å². The molecule has 1 aliphatic carbocycles. The molecule has 4 heterocycles. The van der Waals surface area contributed by atoms with Crippen LogP contribution in [0.3, 0.4) is 0 Å². The van der Waals surface area contributed by atoms with Gasteiger partial charge in [-0.25, -0.2) is 15.0 Å². The highest BCUT2D eigenvalue weighted by atomic mass is 32.1. The molecule has 0 atom stereocenters. The number of hydrogen-bond acceptors (Lipinski definition) is 6. The molecule has 0 aliphatic heterocycles. The standard InChI is InChI=1S/C26H24N6OS/c1-17-28-24-22(26(33)31(17)14-13-18-8-3-2-4-9-18)23-25(30-21-12-6-5-11-20(21)29-23)32(24)27-16-19-10-7-15-34-19/h5-8,10-12,15-16H,2-4,9,13-14H2,1H3/b27-16-. The quantitative estimate of drug-likeness (QED) is 0.254. The van der Waals surface area contributed by atoms with E-state index in [1.807, 2.05) is 48.7 Å². The van der Waals surface area contributed by atoms with Crippen molar-refractivity contribution >= 4 is 50.8 Å². The van der Waals surface area contributed by atoms with E-state index in [-0.39, 0.29) is 5.56 Å². The fourth-order valence-corrected chi connectivity index (χ4v) is 5.23. The molecule has 0 amide bonds. The van der Waals surface area contributed by atoms with Gasteiger partial charge in [0.15, 0.2) is 11.3 Å². The van der Waals surface area contributed by atoms with Crippen LogP contribution in [0, 0.1) is 6.92 Å². The van der Waals surface area contributed by atoms with Crippen LogP contribution >= 0.6 is 11.3 Å². The molecule has 0 fully saturated rings. The Bertz CT molecular complexity index is 1640. The highest BCUT2D eigenvalue weighted by molar-refractivity contribution is 7.11. The zero-order chi connectivity index (χ0) is 23.1. The van der Waals surface area contributed by atoms with Crippen LogP contribution < -0.4 is 5.56 Å². The van der Waals surface area contributed by atoms with Gasteiger partial charge in [0.2, 0.25) is 0 Å². The van der Waals surface area contributed by atoms with Gasteiger partial charge < -0.3 is 0 Å². The number of nitrogens with zero attached hydrogens (tertiary/aromatic N) is 6. The Hall–Kier alpha value is -3.65. The third-order valence-corrected chi connectivity index (χ3v) is 7.22. The molecular weight excluding hydrogens is 444 g/mol. The second-order valence-electron chi connectivity index (χ2n) is 8.63. The summed E-state index contributed by atoms with van der Waals surface area (Å²) in [6.45, 7) is 2.50. The molecule has 170 valence electrons. The summed E-state index contributed by atoms with van der Waals surface area (Å²) in [5.74, 6) is 0.675. The number of benzene rings is 1. The van der Waals surface area contributed by atoms with Gasteiger partial charge in [-0.15, -0.1) is 11.3 Å². The van der Waals surface area contributed by atoms with E-state index in [1.165, 1.54) is 18.4 Å². The molecule has 34 heavy (non-hydrogen) atoms. The fraction of sp³-hybridized carbons (Fsp3) is 0.269. The number of aryl methyl sites for hydroxylation is 1. The smallest absolute Gasteiger partial charge is 0.265 e. The first kappa shape index (κ1) is 20.9. The van der Waals surface area contributed by atoms with Crippen LogP contribution in [0.5, 0.6) is 0 Å². The molecule has 0 unspecified atom stereocenters. The Morgan fingerprint density at radius 2 is 1.91 bits per heavy atom. The number of allylic oxidation sites excluding steroid dienone is 2. The van der Waals surface area contributed by atoms with Gasteiger partial charge >= 0.3 is 0 Å². The van der Waals surface area contributed by atoms with Crippen LogP contribution in [-0.4, -0.2) is 30.4 Å². The molecule has 0 bridgehead atoms. The molecular formula is C26H24N6OS. The van der Waals surface area contributed by atoms with Crippen molar-refractivity contribution in [1.29, 1.82) is 0 Å². The SMILES string of the molecule is Cc1nc2c(c(=O)n1CCC1=CCCCC1)c1nc3ccccc3nc1n2/N=C\c1cccs1. The first-order valence-corrected chi connectivity index (χ1v) is 12.5. The van der Waals surface area contributed by atoms with E-state index >= 15 is 0 Å². The monoisotopic (exact) mass is 468 g/mol. The van der Waals surface area contributed by atoms with Crippen molar-refractivity contribution in [3.8, 4) is 0 Å². The number of fused-ring (bicyclic) bond motifs is 4. The number of hydrogen-bond donors (Lipinski definition) is 0. The van der Waals surface area contributed by atoms with E-state index in [0.29, 0.717) is 34.6 Å². The molecule has 8 heteroatoms. The summed E-state index contributed by atoms with van der Waals surface area (Å²) >= 11 is 1.60. The van der Waals surface area contributed by atoms with Crippen molar-refractivity contribution in [3.63, 3.8) is 0 Å². The first-order valence-electron chi connectivity index (χ1n) is 11.6. The van der Waals surface area contributed by atoms with Crippen LogP contribution in [0.15, 0.2) is 63.3 Å². The maximum atomic E-state index is 13.8. The maximum Gasteiger partial charge on any atom is 0.265 e. The third-order valence-electron chi connectivity index (χ3n) is 6.42. The highest BCUT2D eigenvalue weighted by Crippen LogP contribution is 2.26. The van der Waals surface area contributed by atoms with Crippen molar-refractivity contribution in [1.82, 2.24) is 24.2 Å². The lowest BCUT2D eigenvalue weighted by Gasteiger charge is -2.14. The van der Waals surface area contributed by atoms with Gasteiger partial charge in [0.05, 0.1) is 17.2 Å². The van der Waals surface area contributed by atoms with E-state index in [2.05, 4.69) is 11.2 Å². The zero-order valence-electron chi connectivity index (χ0n) is 18.9. The Balaban J connectivity index is 1.57. The summed E-state index contributed by atoms with van der Waals surface area (Å²) in [6.07, 6.45) is 9.73. The second-order valence-corrected chi connectivity index (χ2v) is 9.61. The van der Waals surface area contributed by atoms with Gasteiger partial charge in [0.1, 0.15) is 16.7 Å². The van der Waals surface area contributed by atoms with E-state index in [4.69, 9.17) is 15.0 Å². The Morgan fingerprint density at radius 1 is 1.06 bits per heavy atom. The summed E-state index contributed by atoms with van der Waals surface area (Å²) in [7, 11) is 0. The van der Waals surface area contributed by atoms with Crippen LogP contribution in [0.2, 0.25) is 0 Å². The minimum absolute atomic E-state index is 0.0847.